The summed E-state index contributed by atoms with van der Waals surface area (Å²) in [5.74, 6) is -0.0529. The maximum atomic E-state index is 12.4. The minimum Gasteiger partial charge on any atom is -0.466 e. The third kappa shape index (κ3) is 55.8. The average molecular weight is 975 g/mol. The molecule has 3 N–H and O–H groups in total. The second kappa shape index (κ2) is 59.2. The van der Waals surface area contributed by atoms with Gasteiger partial charge < -0.3 is 20.3 Å². The van der Waals surface area contributed by atoms with Crippen LogP contribution in [0, 0.1) is 0 Å². The standard InChI is InChI=1S/C63H123NO5/c1-3-5-7-9-11-13-15-17-18-19-22-26-29-33-37-41-45-49-53-57-63(68)69-58-54-50-46-42-38-34-30-27-24-21-20-23-25-28-32-36-40-44-48-52-56-62(67)64-60(59-65)61(66)55-51-47-43-39-35-31-16-14-12-10-8-6-4-2/h51,55,60-61,65-66H,3-50,52-54,56-59H2,1-2H3,(H,64,67)/b55-51+. The Morgan fingerprint density at radius 2 is 0.667 bits per heavy atom. The first-order chi connectivity index (χ1) is 34.0. The van der Waals surface area contributed by atoms with Gasteiger partial charge in [-0.05, 0) is 32.1 Å². The van der Waals surface area contributed by atoms with Crippen LogP contribution in [0.15, 0.2) is 12.2 Å². The van der Waals surface area contributed by atoms with E-state index in [1.54, 1.807) is 6.08 Å². The molecule has 1 amide bonds. The lowest BCUT2D eigenvalue weighted by molar-refractivity contribution is -0.143. The van der Waals surface area contributed by atoms with Crippen LogP contribution in [0.1, 0.15) is 354 Å². The summed E-state index contributed by atoms with van der Waals surface area (Å²) in [4.78, 5) is 24.5. The Morgan fingerprint density at radius 3 is 0.986 bits per heavy atom. The third-order valence-corrected chi connectivity index (χ3v) is 14.8. The summed E-state index contributed by atoms with van der Waals surface area (Å²) in [5.41, 5.74) is 0. The molecular weight excluding hydrogens is 851 g/mol. The molecule has 0 saturated heterocycles. The molecule has 0 aromatic carbocycles. The summed E-state index contributed by atoms with van der Waals surface area (Å²) >= 11 is 0. The van der Waals surface area contributed by atoms with E-state index in [-0.39, 0.29) is 18.5 Å². The number of unbranched alkanes of at least 4 members (excludes halogenated alkanes) is 48. The molecule has 0 aromatic heterocycles. The summed E-state index contributed by atoms with van der Waals surface area (Å²) in [6, 6.07) is -0.628. The number of amides is 1. The molecule has 0 fully saturated rings. The average Bonchev–Trinajstić information content (AvgIpc) is 3.35. The number of nitrogens with one attached hydrogen (secondary N) is 1. The van der Waals surface area contributed by atoms with Crippen molar-refractivity contribution in [3.05, 3.63) is 12.2 Å². The van der Waals surface area contributed by atoms with E-state index in [4.69, 9.17) is 4.74 Å². The molecule has 6 heteroatoms. The van der Waals surface area contributed by atoms with E-state index in [2.05, 4.69) is 19.2 Å². The number of hydrogen-bond donors (Lipinski definition) is 3. The second-order valence-corrected chi connectivity index (χ2v) is 21.8. The van der Waals surface area contributed by atoms with Gasteiger partial charge in [0.25, 0.3) is 0 Å². The van der Waals surface area contributed by atoms with Crippen LogP contribution < -0.4 is 5.32 Å². The van der Waals surface area contributed by atoms with E-state index in [1.807, 2.05) is 6.08 Å². The van der Waals surface area contributed by atoms with Gasteiger partial charge in [0.2, 0.25) is 5.91 Å². The number of carbonyl (C=O) groups is 2. The van der Waals surface area contributed by atoms with Crippen LogP contribution in [0.3, 0.4) is 0 Å². The lowest BCUT2D eigenvalue weighted by atomic mass is 10.0. The van der Waals surface area contributed by atoms with Crippen LogP contribution in [0.4, 0.5) is 0 Å². The van der Waals surface area contributed by atoms with Gasteiger partial charge >= 0.3 is 5.97 Å². The van der Waals surface area contributed by atoms with Gasteiger partial charge in [-0.1, -0.05) is 321 Å². The fraction of sp³-hybridized carbons (Fsp3) is 0.937. The van der Waals surface area contributed by atoms with E-state index >= 15 is 0 Å². The molecule has 2 unspecified atom stereocenters. The van der Waals surface area contributed by atoms with Gasteiger partial charge in [0, 0.05) is 12.8 Å². The molecular formula is C63H123NO5. The zero-order valence-corrected chi connectivity index (χ0v) is 46.8. The highest BCUT2D eigenvalue weighted by atomic mass is 16.5. The molecule has 0 aromatic rings. The number of allylic oxidation sites excluding steroid dienone is 1. The third-order valence-electron chi connectivity index (χ3n) is 14.8. The lowest BCUT2D eigenvalue weighted by Crippen LogP contribution is -2.45. The molecule has 0 aliphatic heterocycles. The lowest BCUT2D eigenvalue weighted by Gasteiger charge is -2.20. The van der Waals surface area contributed by atoms with E-state index in [0.717, 1.165) is 38.5 Å². The molecule has 6 nitrogen and oxygen atoms in total. The van der Waals surface area contributed by atoms with Gasteiger partial charge in [0.15, 0.2) is 0 Å². The Labute approximate surface area is 431 Å². The van der Waals surface area contributed by atoms with Crippen molar-refractivity contribution < 1.29 is 24.5 Å². The Balaban J connectivity index is 3.37. The van der Waals surface area contributed by atoms with E-state index in [9.17, 15) is 19.8 Å². The fourth-order valence-corrected chi connectivity index (χ4v) is 9.99. The Bertz CT molecular complexity index is 1030. The van der Waals surface area contributed by atoms with Gasteiger partial charge in [0.1, 0.15) is 0 Å². The predicted octanol–water partition coefficient (Wildman–Crippen LogP) is 19.6. The summed E-state index contributed by atoms with van der Waals surface area (Å²) in [6.45, 7) is 4.92. The van der Waals surface area contributed by atoms with E-state index in [0.29, 0.717) is 19.4 Å². The Kier molecular flexibility index (Phi) is 58.0. The molecule has 410 valence electrons. The monoisotopic (exact) mass is 974 g/mol. The normalized spacial score (nSPS) is 12.6. The van der Waals surface area contributed by atoms with Gasteiger partial charge in [-0.15, -0.1) is 0 Å². The maximum absolute atomic E-state index is 12.4. The van der Waals surface area contributed by atoms with E-state index in [1.165, 1.54) is 289 Å². The van der Waals surface area contributed by atoms with Crippen LogP contribution in [-0.4, -0.2) is 47.4 Å². The SMILES string of the molecule is CCCCCCCCCCCCC/C=C/C(O)C(CO)NC(=O)CCCCCCCCCCCCCCCCCCCCCCOC(=O)CCCCCCCCCCCCCCCCCCCCC. The first kappa shape index (κ1) is 67.6. The highest BCUT2D eigenvalue weighted by Crippen LogP contribution is 2.18. The molecule has 0 saturated carbocycles. The number of carbonyl (C=O) groups excluding carboxylic acids is 2. The smallest absolute Gasteiger partial charge is 0.305 e. The molecule has 0 bridgehead atoms. The molecule has 2 atom stereocenters. The highest BCUT2D eigenvalue weighted by molar-refractivity contribution is 5.76. The minimum atomic E-state index is -0.844. The summed E-state index contributed by atoms with van der Waals surface area (Å²) in [5, 5.41) is 23.1. The number of aliphatic hydroxyl groups excluding tert-OH is 2. The molecule has 0 aliphatic carbocycles. The largest absolute Gasteiger partial charge is 0.466 e. The predicted molar refractivity (Wildman–Crippen MR) is 301 cm³/mol. The number of hydrogen-bond acceptors (Lipinski definition) is 5. The van der Waals surface area contributed by atoms with Crippen LogP contribution >= 0.6 is 0 Å². The zero-order valence-electron chi connectivity index (χ0n) is 46.8. The molecule has 0 rings (SSSR count). The molecule has 69 heavy (non-hydrogen) atoms. The number of ether oxygens (including phenoxy) is 1. The van der Waals surface area contributed by atoms with Gasteiger partial charge in [-0.25, -0.2) is 0 Å². The molecule has 0 heterocycles. The zero-order chi connectivity index (χ0) is 50.0. The first-order valence-corrected chi connectivity index (χ1v) is 31.5. The second-order valence-electron chi connectivity index (χ2n) is 21.8. The molecule has 0 radical (unpaired) electrons. The van der Waals surface area contributed by atoms with Crippen molar-refractivity contribution in [1.29, 1.82) is 0 Å². The van der Waals surface area contributed by atoms with Gasteiger partial charge in [0.05, 0.1) is 25.4 Å². The van der Waals surface area contributed by atoms with Crippen molar-refractivity contribution in [3.63, 3.8) is 0 Å². The van der Waals surface area contributed by atoms with Crippen molar-refractivity contribution in [2.45, 2.75) is 366 Å². The van der Waals surface area contributed by atoms with Crippen LogP contribution in [0.2, 0.25) is 0 Å². The maximum Gasteiger partial charge on any atom is 0.305 e. The van der Waals surface area contributed by atoms with Crippen molar-refractivity contribution >= 4 is 11.9 Å². The van der Waals surface area contributed by atoms with E-state index < -0.39 is 12.1 Å². The summed E-state index contributed by atoms with van der Waals surface area (Å²) in [7, 11) is 0. The Morgan fingerprint density at radius 1 is 0.391 bits per heavy atom. The van der Waals surface area contributed by atoms with Crippen molar-refractivity contribution in [1.82, 2.24) is 5.32 Å². The summed E-state index contributed by atoms with van der Waals surface area (Å²) in [6.07, 6.45) is 71.1. The van der Waals surface area contributed by atoms with Crippen LogP contribution in [0.25, 0.3) is 0 Å². The van der Waals surface area contributed by atoms with Gasteiger partial charge in [-0.2, -0.15) is 0 Å². The van der Waals surface area contributed by atoms with Crippen molar-refractivity contribution in [3.8, 4) is 0 Å². The minimum absolute atomic E-state index is 0.0153. The highest BCUT2D eigenvalue weighted by Gasteiger charge is 2.18. The fourth-order valence-electron chi connectivity index (χ4n) is 9.99. The van der Waals surface area contributed by atoms with Crippen molar-refractivity contribution in [2.24, 2.45) is 0 Å². The Hall–Kier alpha value is -1.40. The van der Waals surface area contributed by atoms with Gasteiger partial charge in [-0.3, -0.25) is 9.59 Å². The van der Waals surface area contributed by atoms with Crippen molar-refractivity contribution in [2.75, 3.05) is 13.2 Å². The quantitative estimate of drug-likeness (QED) is 0.0321. The first-order valence-electron chi connectivity index (χ1n) is 31.5. The molecule has 0 spiro atoms. The van der Waals surface area contributed by atoms with Crippen LogP contribution in [0.5, 0.6) is 0 Å². The number of rotatable bonds is 59. The number of aliphatic hydroxyl groups is 2. The molecule has 0 aliphatic rings. The topological polar surface area (TPSA) is 95.9 Å². The summed E-state index contributed by atoms with van der Waals surface area (Å²) < 4.78 is 5.50. The number of esters is 1. The van der Waals surface area contributed by atoms with Crippen LogP contribution in [-0.2, 0) is 14.3 Å².